The zero-order chi connectivity index (χ0) is 19.4. The molecule has 1 aromatic rings. The number of nitro benzene ring substituents is 1. The van der Waals surface area contributed by atoms with Crippen LogP contribution in [0.5, 0.6) is 0 Å². The molecule has 0 atom stereocenters. The number of benzene rings is 1. The zero-order valence-electron chi connectivity index (χ0n) is 15.1. The van der Waals surface area contributed by atoms with Crippen molar-refractivity contribution in [3.63, 3.8) is 0 Å². The molecule has 2 fully saturated rings. The van der Waals surface area contributed by atoms with Crippen LogP contribution >= 0.6 is 0 Å². The van der Waals surface area contributed by atoms with Gasteiger partial charge in [0, 0.05) is 32.2 Å². The van der Waals surface area contributed by atoms with Crippen molar-refractivity contribution in [2.24, 2.45) is 0 Å². The Labute approximate surface area is 158 Å². The molecule has 27 heavy (non-hydrogen) atoms. The van der Waals surface area contributed by atoms with Crippen LogP contribution < -0.4 is 9.62 Å². The summed E-state index contributed by atoms with van der Waals surface area (Å²) < 4.78 is 27.3. The van der Waals surface area contributed by atoms with Gasteiger partial charge in [-0.15, -0.1) is 0 Å². The van der Waals surface area contributed by atoms with Crippen molar-refractivity contribution in [3.8, 4) is 0 Å². The van der Waals surface area contributed by atoms with Crippen LogP contribution in [-0.2, 0) is 14.8 Å². The molecule has 2 aliphatic rings. The maximum Gasteiger partial charge on any atom is 0.293 e. The number of likely N-dealkylation sites (tertiary alicyclic amines) is 1. The summed E-state index contributed by atoms with van der Waals surface area (Å²) in [7, 11) is -4.01. The number of piperidine rings is 1. The van der Waals surface area contributed by atoms with Gasteiger partial charge in [0.25, 0.3) is 5.69 Å². The first-order chi connectivity index (χ1) is 12.9. The largest absolute Gasteiger partial charge is 0.366 e. The summed E-state index contributed by atoms with van der Waals surface area (Å²) in [4.78, 5) is 26.4. The highest BCUT2D eigenvalue weighted by molar-refractivity contribution is 7.89. The van der Waals surface area contributed by atoms with Crippen LogP contribution in [0.3, 0.4) is 0 Å². The van der Waals surface area contributed by atoms with Crippen molar-refractivity contribution in [1.82, 2.24) is 9.62 Å². The number of carbonyl (C=O) groups excluding carboxylic acids is 1. The third kappa shape index (κ3) is 4.56. The number of nitrogens with one attached hydrogen (secondary N) is 1. The lowest BCUT2D eigenvalue weighted by molar-refractivity contribution is -0.384. The predicted octanol–water partition coefficient (Wildman–Crippen LogP) is 1.49. The van der Waals surface area contributed by atoms with Crippen molar-refractivity contribution in [3.05, 3.63) is 28.3 Å². The summed E-state index contributed by atoms with van der Waals surface area (Å²) >= 11 is 0. The van der Waals surface area contributed by atoms with Crippen LogP contribution in [0.25, 0.3) is 0 Å². The van der Waals surface area contributed by atoms with E-state index in [1.807, 2.05) is 4.90 Å². The van der Waals surface area contributed by atoms with Crippen molar-refractivity contribution < 1.29 is 18.1 Å². The Hall–Kier alpha value is -2.20. The molecule has 9 nitrogen and oxygen atoms in total. The highest BCUT2D eigenvalue weighted by Gasteiger charge is 2.26. The van der Waals surface area contributed by atoms with E-state index >= 15 is 0 Å². The summed E-state index contributed by atoms with van der Waals surface area (Å²) in [6.07, 6.45) is 4.82. The molecule has 0 aliphatic carbocycles. The van der Waals surface area contributed by atoms with Crippen LogP contribution in [0.1, 0.15) is 32.1 Å². The van der Waals surface area contributed by atoms with Gasteiger partial charge in [-0.2, -0.15) is 0 Å². The zero-order valence-corrected chi connectivity index (χ0v) is 15.9. The highest BCUT2D eigenvalue weighted by Crippen LogP contribution is 2.32. The Morgan fingerprint density at radius 1 is 1.07 bits per heavy atom. The Morgan fingerprint density at radius 2 is 1.70 bits per heavy atom. The number of nitro groups is 1. The first-order valence-corrected chi connectivity index (χ1v) is 10.7. The van der Waals surface area contributed by atoms with Crippen molar-refractivity contribution in [2.75, 3.05) is 37.6 Å². The third-order valence-corrected chi connectivity index (χ3v) is 6.42. The minimum absolute atomic E-state index is 0.205. The minimum Gasteiger partial charge on any atom is -0.366 e. The van der Waals surface area contributed by atoms with E-state index in [1.54, 1.807) is 4.90 Å². The number of hydrogen-bond acceptors (Lipinski definition) is 6. The molecule has 148 valence electrons. The molecule has 1 amide bonds. The Balaban J connectivity index is 1.74. The van der Waals surface area contributed by atoms with E-state index in [0.717, 1.165) is 51.3 Å². The number of sulfonamides is 1. The molecule has 2 saturated heterocycles. The summed E-state index contributed by atoms with van der Waals surface area (Å²) in [6, 6.07) is 3.90. The lowest BCUT2D eigenvalue weighted by Gasteiger charge is -2.26. The fraction of sp³-hybridized carbons (Fsp3) is 0.588. The van der Waals surface area contributed by atoms with Gasteiger partial charge in [0.2, 0.25) is 15.9 Å². The number of hydrogen-bond donors (Lipinski definition) is 1. The van der Waals surface area contributed by atoms with Gasteiger partial charge in [-0.05, 0) is 44.2 Å². The monoisotopic (exact) mass is 396 g/mol. The lowest BCUT2D eigenvalue weighted by atomic mass is 10.1. The van der Waals surface area contributed by atoms with Crippen LogP contribution in [0, 0.1) is 10.1 Å². The molecule has 3 rings (SSSR count). The molecule has 0 bridgehead atoms. The smallest absolute Gasteiger partial charge is 0.293 e. The summed E-state index contributed by atoms with van der Waals surface area (Å²) in [5.74, 6) is -0.276. The Morgan fingerprint density at radius 3 is 2.33 bits per heavy atom. The van der Waals surface area contributed by atoms with Gasteiger partial charge in [-0.25, -0.2) is 13.1 Å². The maximum atomic E-state index is 12.5. The molecule has 0 unspecified atom stereocenters. The summed E-state index contributed by atoms with van der Waals surface area (Å²) in [5, 5.41) is 11.4. The molecule has 2 aliphatic heterocycles. The molecule has 10 heteroatoms. The van der Waals surface area contributed by atoms with Gasteiger partial charge in [-0.3, -0.25) is 14.9 Å². The van der Waals surface area contributed by atoms with Gasteiger partial charge in [0.15, 0.2) is 0 Å². The molecular weight excluding hydrogens is 372 g/mol. The second kappa shape index (κ2) is 8.22. The SMILES string of the molecule is O=C(CNS(=O)(=O)c1ccc(N2CCCC2)c([N+](=O)[O-])c1)N1CCCCC1. The lowest BCUT2D eigenvalue weighted by Crippen LogP contribution is -2.42. The summed E-state index contributed by atoms with van der Waals surface area (Å²) in [5.41, 5.74) is 0.197. The van der Waals surface area contributed by atoms with Gasteiger partial charge in [0.05, 0.1) is 16.4 Å². The number of nitrogens with zero attached hydrogens (tertiary/aromatic N) is 3. The van der Waals surface area contributed by atoms with Crippen molar-refractivity contribution in [1.29, 1.82) is 0 Å². The van der Waals surface area contributed by atoms with E-state index in [2.05, 4.69) is 4.72 Å². The van der Waals surface area contributed by atoms with E-state index in [4.69, 9.17) is 0 Å². The fourth-order valence-electron chi connectivity index (χ4n) is 3.54. The standard InChI is InChI=1S/C17H24N4O5S/c22-17(20-10-2-1-3-11-20)13-18-27(25,26)14-6-7-15(16(12-14)21(23)24)19-8-4-5-9-19/h6-7,12,18H,1-5,8-11,13H2. The van der Waals surface area contributed by atoms with Gasteiger partial charge < -0.3 is 9.80 Å². The third-order valence-electron chi connectivity index (χ3n) is 5.02. The molecule has 0 spiro atoms. The molecular formula is C17H24N4O5S. The van der Waals surface area contributed by atoms with Gasteiger partial charge >= 0.3 is 0 Å². The molecule has 1 aromatic carbocycles. The van der Waals surface area contributed by atoms with Crippen LogP contribution in [0.15, 0.2) is 23.1 Å². The van der Waals surface area contributed by atoms with Gasteiger partial charge in [0.1, 0.15) is 5.69 Å². The highest BCUT2D eigenvalue weighted by atomic mass is 32.2. The van der Waals surface area contributed by atoms with Crippen LogP contribution in [0.4, 0.5) is 11.4 Å². The van der Waals surface area contributed by atoms with Crippen molar-refractivity contribution >= 4 is 27.3 Å². The van der Waals surface area contributed by atoms with E-state index in [9.17, 15) is 23.3 Å². The number of carbonyl (C=O) groups is 1. The maximum absolute atomic E-state index is 12.5. The predicted molar refractivity (Wildman–Crippen MR) is 100 cm³/mol. The average molecular weight is 396 g/mol. The van der Waals surface area contributed by atoms with Crippen LogP contribution in [0.2, 0.25) is 0 Å². The second-order valence-electron chi connectivity index (χ2n) is 6.87. The first kappa shape index (κ1) is 19.6. The average Bonchev–Trinajstić information content (AvgIpc) is 3.21. The second-order valence-corrected chi connectivity index (χ2v) is 8.63. The van der Waals surface area contributed by atoms with E-state index < -0.39 is 14.9 Å². The number of anilines is 1. The molecule has 0 radical (unpaired) electrons. The summed E-state index contributed by atoms with van der Waals surface area (Å²) in [6.45, 7) is 2.36. The molecule has 1 N–H and O–H groups in total. The molecule has 0 saturated carbocycles. The van der Waals surface area contributed by atoms with Crippen LogP contribution in [-0.4, -0.2) is 56.9 Å². The fourth-order valence-corrected chi connectivity index (χ4v) is 4.53. The quantitative estimate of drug-likeness (QED) is 0.576. The molecule has 2 heterocycles. The number of rotatable bonds is 6. The number of amides is 1. The Kier molecular flexibility index (Phi) is 5.95. The van der Waals surface area contributed by atoms with Crippen molar-refractivity contribution in [2.45, 2.75) is 37.0 Å². The Bertz CT molecular complexity index is 815. The minimum atomic E-state index is -4.01. The van der Waals surface area contributed by atoms with Gasteiger partial charge in [-0.1, -0.05) is 0 Å². The van der Waals surface area contributed by atoms with E-state index in [0.29, 0.717) is 18.8 Å². The first-order valence-electron chi connectivity index (χ1n) is 9.19. The van der Waals surface area contributed by atoms with E-state index in [1.165, 1.54) is 12.1 Å². The van der Waals surface area contributed by atoms with E-state index in [-0.39, 0.29) is 23.0 Å². The normalized spacial score (nSPS) is 17.9. The topological polar surface area (TPSA) is 113 Å². The molecule has 0 aromatic heterocycles.